The van der Waals surface area contributed by atoms with Crippen molar-refractivity contribution in [3.63, 3.8) is 0 Å². The second-order valence-electron chi connectivity index (χ2n) is 3.78. The van der Waals surface area contributed by atoms with E-state index in [4.69, 9.17) is 5.73 Å². The summed E-state index contributed by atoms with van der Waals surface area (Å²) in [6.07, 6.45) is 4.09. The lowest BCUT2D eigenvalue weighted by atomic mass is 10.0. The molecule has 0 aliphatic carbocycles. The molecule has 0 saturated heterocycles. The summed E-state index contributed by atoms with van der Waals surface area (Å²) in [6, 6.07) is 3.68. The van der Waals surface area contributed by atoms with Crippen LogP contribution >= 0.6 is 12.4 Å². The van der Waals surface area contributed by atoms with Gasteiger partial charge >= 0.3 is 0 Å². The highest BCUT2D eigenvalue weighted by Gasteiger charge is 2.08. The number of hydrogen-bond acceptors (Lipinski definition) is 1. The zero-order valence-corrected chi connectivity index (χ0v) is 10.2. The molecular formula is C12H18ClF2N. The number of benzene rings is 1. The van der Waals surface area contributed by atoms with Crippen LogP contribution in [0.3, 0.4) is 0 Å². The van der Waals surface area contributed by atoms with Crippen molar-refractivity contribution in [3.05, 3.63) is 35.4 Å². The quantitative estimate of drug-likeness (QED) is 0.786. The van der Waals surface area contributed by atoms with E-state index in [9.17, 15) is 8.78 Å². The van der Waals surface area contributed by atoms with Crippen LogP contribution in [0.15, 0.2) is 18.2 Å². The predicted octanol–water partition coefficient (Wildman–Crippen LogP) is 3.97. The average molecular weight is 250 g/mol. The maximum Gasteiger partial charge on any atom is 0.159 e. The molecule has 1 aromatic rings. The Kier molecular flexibility index (Phi) is 7.26. The van der Waals surface area contributed by atoms with Gasteiger partial charge in [0.1, 0.15) is 0 Å². The fourth-order valence-electron chi connectivity index (χ4n) is 1.52. The third-order valence-electron chi connectivity index (χ3n) is 2.49. The predicted molar refractivity (Wildman–Crippen MR) is 64.7 cm³/mol. The largest absolute Gasteiger partial charge is 0.324 e. The number of nitrogens with two attached hydrogens (primary N) is 1. The Morgan fingerprint density at radius 2 is 1.88 bits per heavy atom. The van der Waals surface area contributed by atoms with Crippen LogP contribution in [0.25, 0.3) is 0 Å². The zero-order valence-electron chi connectivity index (χ0n) is 9.38. The van der Waals surface area contributed by atoms with Gasteiger partial charge in [0.2, 0.25) is 0 Å². The SMILES string of the molecule is CCCCC[C@H](N)c1ccc(F)c(F)c1.Cl. The molecule has 16 heavy (non-hydrogen) atoms. The fourth-order valence-corrected chi connectivity index (χ4v) is 1.52. The van der Waals surface area contributed by atoms with Crippen LogP contribution in [0.1, 0.15) is 44.2 Å². The fraction of sp³-hybridized carbons (Fsp3) is 0.500. The van der Waals surface area contributed by atoms with Crippen LogP contribution < -0.4 is 5.73 Å². The van der Waals surface area contributed by atoms with Crippen molar-refractivity contribution < 1.29 is 8.78 Å². The molecule has 0 fully saturated rings. The van der Waals surface area contributed by atoms with Crippen molar-refractivity contribution in [3.8, 4) is 0 Å². The van der Waals surface area contributed by atoms with E-state index in [2.05, 4.69) is 6.92 Å². The number of hydrogen-bond donors (Lipinski definition) is 1. The maximum absolute atomic E-state index is 12.9. The summed E-state index contributed by atoms with van der Waals surface area (Å²) < 4.78 is 25.6. The monoisotopic (exact) mass is 249 g/mol. The van der Waals surface area contributed by atoms with Gasteiger partial charge < -0.3 is 5.73 Å². The molecule has 0 saturated carbocycles. The average Bonchev–Trinajstić information content (AvgIpc) is 2.22. The Hall–Kier alpha value is -0.670. The van der Waals surface area contributed by atoms with E-state index in [0.29, 0.717) is 5.56 Å². The number of rotatable bonds is 5. The van der Waals surface area contributed by atoms with E-state index in [0.717, 1.165) is 31.7 Å². The van der Waals surface area contributed by atoms with Gasteiger partial charge in [-0.1, -0.05) is 32.3 Å². The molecule has 1 rings (SSSR count). The molecule has 0 spiro atoms. The first-order valence-electron chi connectivity index (χ1n) is 5.35. The van der Waals surface area contributed by atoms with Crippen LogP contribution in [0, 0.1) is 11.6 Å². The van der Waals surface area contributed by atoms with Crippen LogP contribution in [0.5, 0.6) is 0 Å². The number of halogens is 3. The van der Waals surface area contributed by atoms with Crippen molar-refractivity contribution in [2.24, 2.45) is 5.73 Å². The summed E-state index contributed by atoms with van der Waals surface area (Å²) in [5.41, 5.74) is 6.54. The van der Waals surface area contributed by atoms with Gasteiger partial charge in [-0.3, -0.25) is 0 Å². The molecule has 0 heterocycles. The molecule has 0 amide bonds. The first-order valence-corrected chi connectivity index (χ1v) is 5.35. The second-order valence-corrected chi connectivity index (χ2v) is 3.78. The highest BCUT2D eigenvalue weighted by molar-refractivity contribution is 5.85. The molecule has 0 aliphatic heterocycles. The highest BCUT2D eigenvalue weighted by Crippen LogP contribution is 2.19. The molecule has 2 N–H and O–H groups in total. The smallest absolute Gasteiger partial charge is 0.159 e. The van der Waals surface area contributed by atoms with Crippen LogP contribution in [-0.2, 0) is 0 Å². The van der Waals surface area contributed by atoms with Gasteiger partial charge in [0, 0.05) is 6.04 Å². The third kappa shape index (κ3) is 4.45. The van der Waals surface area contributed by atoms with Crippen molar-refractivity contribution in [2.45, 2.75) is 38.6 Å². The maximum atomic E-state index is 12.9. The van der Waals surface area contributed by atoms with Crippen molar-refractivity contribution in [1.29, 1.82) is 0 Å². The van der Waals surface area contributed by atoms with E-state index in [1.807, 2.05) is 0 Å². The van der Waals surface area contributed by atoms with E-state index in [1.165, 1.54) is 6.07 Å². The minimum Gasteiger partial charge on any atom is -0.324 e. The molecule has 0 radical (unpaired) electrons. The Labute approximate surface area is 101 Å². The lowest BCUT2D eigenvalue weighted by molar-refractivity contribution is 0.502. The summed E-state index contributed by atoms with van der Waals surface area (Å²) in [5.74, 6) is -1.64. The summed E-state index contributed by atoms with van der Waals surface area (Å²) >= 11 is 0. The van der Waals surface area contributed by atoms with Crippen LogP contribution in [-0.4, -0.2) is 0 Å². The van der Waals surface area contributed by atoms with E-state index in [1.54, 1.807) is 6.07 Å². The molecule has 0 aliphatic rings. The van der Waals surface area contributed by atoms with E-state index < -0.39 is 11.6 Å². The molecule has 92 valence electrons. The van der Waals surface area contributed by atoms with Crippen molar-refractivity contribution in [1.82, 2.24) is 0 Å². The summed E-state index contributed by atoms with van der Waals surface area (Å²) in [6.45, 7) is 2.11. The standard InChI is InChI=1S/C12H17F2N.ClH/c1-2-3-4-5-12(15)9-6-7-10(13)11(14)8-9;/h6-8,12H,2-5,15H2,1H3;1H/t12-;/m0./s1. The Morgan fingerprint density at radius 3 is 2.44 bits per heavy atom. The van der Waals surface area contributed by atoms with Gasteiger partial charge in [-0.25, -0.2) is 8.78 Å². The van der Waals surface area contributed by atoms with Gasteiger partial charge in [0.05, 0.1) is 0 Å². The third-order valence-corrected chi connectivity index (χ3v) is 2.49. The minimum absolute atomic E-state index is 0. The summed E-state index contributed by atoms with van der Waals surface area (Å²) in [4.78, 5) is 0. The van der Waals surface area contributed by atoms with Crippen molar-refractivity contribution in [2.75, 3.05) is 0 Å². The lowest BCUT2D eigenvalue weighted by Gasteiger charge is -2.11. The summed E-state index contributed by atoms with van der Waals surface area (Å²) in [7, 11) is 0. The molecule has 0 aromatic heterocycles. The zero-order chi connectivity index (χ0) is 11.3. The molecule has 0 bridgehead atoms. The molecule has 1 atom stereocenters. The highest BCUT2D eigenvalue weighted by atomic mass is 35.5. The van der Waals surface area contributed by atoms with Gasteiger partial charge in [-0.05, 0) is 24.1 Å². The van der Waals surface area contributed by atoms with Crippen LogP contribution in [0.2, 0.25) is 0 Å². The Bertz CT molecular complexity index is 318. The molecule has 1 aromatic carbocycles. The van der Waals surface area contributed by atoms with Gasteiger partial charge in [0.15, 0.2) is 11.6 Å². The second kappa shape index (κ2) is 7.58. The minimum atomic E-state index is -0.821. The lowest BCUT2D eigenvalue weighted by Crippen LogP contribution is -2.10. The first-order chi connectivity index (χ1) is 7.15. The van der Waals surface area contributed by atoms with Crippen LogP contribution in [0.4, 0.5) is 8.78 Å². The molecule has 1 nitrogen and oxygen atoms in total. The van der Waals surface area contributed by atoms with E-state index in [-0.39, 0.29) is 18.4 Å². The molecular weight excluding hydrogens is 232 g/mol. The Balaban J connectivity index is 0.00000225. The van der Waals surface area contributed by atoms with Crippen molar-refractivity contribution >= 4 is 12.4 Å². The topological polar surface area (TPSA) is 26.0 Å². The normalized spacial score (nSPS) is 12.0. The Morgan fingerprint density at radius 1 is 1.19 bits per heavy atom. The summed E-state index contributed by atoms with van der Waals surface area (Å²) in [5, 5.41) is 0. The van der Waals surface area contributed by atoms with Gasteiger partial charge in [-0.2, -0.15) is 0 Å². The number of unbranched alkanes of at least 4 members (excludes halogenated alkanes) is 2. The van der Waals surface area contributed by atoms with Gasteiger partial charge in [-0.15, -0.1) is 12.4 Å². The first kappa shape index (κ1) is 15.3. The van der Waals surface area contributed by atoms with E-state index >= 15 is 0 Å². The molecule has 0 unspecified atom stereocenters. The molecule has 4 heteroatoms. The van der Waals surface area contributed by atoms with Gasteiger partial charge in [0.25, 0.3) is 0 Å².